The number of nitrogens with zero attached hydrogens (tertiary/aromatic N) is 3. The van der Waals surface area contributed by atoms with Crippen LogP contribution in [0.2, 0.25) is 0 Å². The number of carbonyl (C=O) groups is 1. The first-order valence-electron chi connectivity index (χ1n) is 7.07. The molecule has 1 aromatic rings. The molecule has 1 aliphatic rings. The van der Waals surface area contributed by atoms with Gasteiger partial charge in [0.1, 0.15) is 0 Å². The van der Waals surface area contributed by atoms with Crippen LogP contribution in [0.3, 0.4) is 0 Å². The normalized spacial score (nSPS) is 20.5. The average molecular weight is 266 g/mol. The van der Waals surface area contributed by atoms with Gasteiger partial charge in [-0.2, -0.15) is 4.98 Å². The largest absolute Gasteiger partial charge is 0.353 e. The second-order valence-electron chi connectivity index (χ2n) is 4.89. The highest BCUT2D eigenvalue weighted by molar-refractivity contribution is 5.82. The van der Waals surface area contributed by atoms with Crippen molar-refractivity contribution in [3.63, 3.8) is 0 Å². The van der Waals surface area contributed by atoms with Crippen molar-refractivity contribution in [2.24, 2.45) is 0 Å². The molecule has 1 unspecified atom stereocenters. The van der Waals surface area contributed by atoms with Gasteiger partial charge in [0.15, 0.2) is 5.82 Å². The van der Waals surface area contributed by atoms with Crippen LogP contribution in [0.5, 0.6) is 0 Å². The van der Waals surface area contributed by atoms with Crippen molar-refractivity contribution < 1.29 is 9.32 Å². The number of aromatic nitrogens is 2. The lowest BCUT2D eigenvalue weighted by Gasteiger charge is -2.33. The molecule has 1 N–H and O–H groups in total. The monoisotopic (exact) mass is 266 g/mol. The van der Waals surface area contributed by atoms with E-state index in [1.807, 2.05) is 6.92 Å². The van der Waals surface area contributed by atoms with Gasteiger partial charge in [0, 0.05) is 19.5 Å². The van der Waals surface area contributed by atoms with Crippen molar-refractivity contribution in [2.75, 3.05) is 13.1 Å². The van der Waals surface area contributed by atoms with Gasteiger partial charge in [0.05, 0.1) is 12.6 Å². The van der Waals surface area contributed by atoms with E-state index in [2.05, 4.69) is 27.3 Å². The maximum Gasteiger partial charge on any atom is 0.237 e. The maximum absolute atomic E-state index is 11.8. The van der Waals surface area contributed by atoms with E-state index < -0.39 is 0 Å². The summed E-state index contributed by atoms with van der Waals surface area (Å²) < 4.78 is 5.22. The van der Waals surface area contributed by atoms with Crippen molar-refractivity contribution in [1.29, 1.82) is 0 Å². The molecular formula is C13H22N4O2. The fraction of sp³-hybridized carbons (Fsp3) is 0.769. The third-order valence-electron chi connectivity index (χ3n) is 3.43. The fourth-order valence-corrected chi connectivity index (χ4v) is 2.36. The third kappa shape index (κ3) is 3.53. The van der Waals surface area contributed by atoms with Crippen LogP contribution < -0.4 is 5.32 Å². The molecule has 1 amide bonds. The van der Waals surface area contributed by atoms with E-state index in [9.17, 15) is 4.79 Å². The second-order valence-corrected chi connectivity index (χ2v) is 4.89. The Morgan fingerprint density at radius 1 is 1.47 bits per heavy atom. The number of rotatable bonds is 6. The summed E-state index contributed by atoms with van der Waals surface area (Å²) in [5.74, 6) is 1.48. The summed E-state index contributed by atoms with van der Waals surface area (Å²) in [5, 5.41) is 6.88. The fourth-order valence-electron chi connectivity index (χ4n) is 2.36. The maximum atomic E-state index is 11.8. The minimum atomic E-state index is -0.0775. The van der Waals surface area contributed by atoms with Crippen LogP contribution in [-0.2, 0) is 17.8 Å². The zero-order chi connectivity index (χ0) is 13.7. The van der Waals surface area contributed by atoms with Gasteiger partial charge < -0.3 is 9.84 Å². The quantitative estimate of drug-likeness (QED) is 0.835. The van der Waals surface area contributed by atoms with Crippen LogP contribution >= 0.6 is 0 Å². The summed E-state index contributed by atoms with van der Waals surface area (Å²) in [6.45, 7) is 6.27. The van der Waals surface area contributed by atoms with Gasteiger partial charge in [-0.05, 0) is 12.8 Å². The van der Waals surface area contributed by atoms with E-state index in [0.29, 0.717) is 24.8 Å². The van der Waals surface area contributed by atoms with Gasteiger partial charge >= 0.3 is 0 Å². The number of amides is 1. The van der Waals surface area contributed by atoms with Gasteiger partial charge in [0.2, 0.25) is 11.8 Å². The molecule has 2 heterocycles. The lowest BCUT2D eigenvalue weighted by Crippen LogP contribution is -2.54. The molecule has 1 fully saturated rings. The summed E-state index contributed by atoms with van der Waals surface area (Å²) in [5.41, 5.74) is 0. The summed E-state index contributed by atoms with van der Waals surface area (Å²) in [4.78, 5) is 18.3. The number of carbonyl (C=O) groups excluding carboxylic acids is 1. The van der Waals surface area contributed by atoms with Gasteiger partial charge in [-0.15, -0.1) is 0 Å². The van der Waals surface area contributed by atoms with E-state index in [4.69, 9.17) is 4.52 Å². The number of hydrogen-bond donors (Lipinski definition) is 1. The average Bonchev–Trinajstić information content (AvgIpc) is 2.84. The predicted molar refractivity (Wildman–Crippen MR) is 70.4 cm³/mol. The molecule has 0 saturated carbocycles. The van der Waals surface area contributed by atoms with E-state index in [1.165, 1.54) is 0 Å². The molecule has 1 aromatic heterocycles. The summed E-state index contributed by atoms with van der Waals surface area (Å²) in [6.07, 6.45) is 3.81. The standard InChI is InChI=1S/C13H22N4O2/c1-3-5-6-12-15-11(16-19-12)9-17-8-7-14-13(18)10(17)4-2/h10H,3-9H2,1-2H3,(H,14,18). The van der Waals surface area contributed by atoms with E-state index in [0.717, 1.165) is 32.2 Å². The van der Waals surface area contributed by atoms with Gasteiger partial charge in [-0.1, -0.05) is 25.4 Å². The Labute approximate surface area is 113 Å². The molecular weight excluding hydrogens is 244 g/mol. The smallest absolute Gasteiger partial charge is 0.237 e. The Bertz CT molecular complexity index is 419. The van der Waals surface area contributed by atoms with Crippen LogP contribution in [0.4, 0.5) is 0 Å². The minimum Gasteiger partial charge on any atom is -0.353 e. The van der Waals surface area contributed by atoms with Crippen LogP contribution in [0.1, 0.15) is 44.8 Å². The van der Waals surface area contributed by atoms with Crippen molar-refractivity contribution in [2.45, 2.75) is 52.1 Å². The molecule has 0 radical (unpaired) electrons. The molecule has 1 aliphatic heterocycles. The molecule has 106 valence electrons. The SMILES string of the molecule is CCCCc1nc(CN2CCNC(=O)C2CC)no1. The molecule has 0 aromatic carbocycles. The molecule has 6 heteroatoms. The molecule has 0 bridgehead atoms. The lowest BCUT2D eigenvalue weighted by atomic mass is 10.1. The third-order valence-corrected chi connectivity index (χ3v) is 3.43. The van der Waals surface area contributed by atoms with Crippen LogP contribution in [-0.4, -0.2) is 40.1 Å². The summed E-state index contributed by atoms with van der Waals surface area (Å²) >= 11 is 0. The first-order chi connectivity index (χ1) is 9.24. The first kappa shape index (κ1) is 14.0. The van der Waals surface area contributed by atoms with Crippen LogP contribution in [0.25, 0.3) is 0 Å². The van der Waals surface area contributed by atoms with E-state index in [-0.39, 0.29) is 11.9 Å². The van der Waals surface area contributed by atoms with E-state index in [1.54, 1.807) is 0 Å². The first-order valence-corrected chi connectivity index (χ1v) is 7.07. The molecule has 0 aliphatic carbocycles. The van der Waals surface area contributed by atoms with Gasteiger partial charge in [-0.3, -0.25) is 9.69 Å². The van der Waals surface area contributed by atoms with Crippen molar-refractivity contribution >= 4 is 5.91 Å². The number of hydrogen-bond acceptors (Lipinski definition) is 5. The van der Waals surface area contributed by atoms with Gasteiger partial charge in [-0.25, -0.2) is 0 Å². The number of aryl methyl sites for hydroxylation is 1. The topological polar surface area (TPSA) is 71.3 Å². The highest BCUT2D eigenvalue weighted by Crippen LogP contribution is 2.12. The molecule has 0 spiro atoms. The van der Waals surface area contributed by atoms with Crippen molar-refractivity contribution in [1.82, 2.24) is 20.4 Å². The van der Waals surface area contributed by atoms with Crippen molar-refractivity contribution in [3.05, 3.63) is 11.7 Å². The minimum absolute atomic E-state index is 0.0775. The summed E-state index contributed by atoms with van der Waals surface area (Å²) in [6, 6.07) is -0.0775. The molecule has 1 saturated heterocycles. The Morgan fingerprint density at radius 2 is 2.32 bits per heavy atom. The Hall–Kier alpha value is -1.43. The molecule has 2 rings (SSSR count). The molecule has 19 heavy (non-hydrogen) atoms. The second kappa shape index (κ2) is 6.65. The van der Waals surface area contributed by atoms with E-state index >= 15 is 0 Å². The Morgan fingerprint density at radius 3 is 3.05 bits per heavy atom. The Kier molecular flexibility index (Phi) is 4.90. The zero-order valence-electron chi connectivity index (χ0n) is 11.7. The van der Waals surface area contributed by atoms with Crippen LogP contribution in [0.15, 0.2) is 4.52 Å². The zero-order valence-corrected chi connectivity index (χ0v) is 11.7. The predicted octanol–water partition coefficient (Wildman–Crippen LogP) is 1.12. The summed E-state index contributed by atoms with van der Waals surface area (Å²) in [7, 11) is 0. The lowest BCUT2D eigenvalue weighted by molar-refractivity contribution is -0.129. The molecule has 1 atom stereocenters. The number of nitrogens with one attached hydrogen (secondary N) is 1. The number of unbranched alkanes of at least 4 members (excludes halogenated alkanes) is 1. The van der Waals surface area contributed by atoms with Gasteiger partial charge in [0.25, 0.3) is 0 Å². The number of piperazine rings is 1. The molecule has 6 nitrogen and oxygen atoms in total. The highest BCUT2D eigenvalue weighted by atomic mass is 16.5. The Balaban J connectivity index is 1.95. The van der Waals surface area contributed by atoms with Crippen molar-refractivity contribution in [3.8, 4) is 0 Å². The highest BCUT2D eigenvalue weighted by Gasteiger charge is 2.28. The van der Waals surface area contributed by atoms with Crippen LogP contribution in [0, 0.1) is 0 Å².